The van der Waals surface area contributed by atoms with Gasteiger partial charge in [-0.25, -0.2) is 4.79 Å². The molecule has 2 heterocycles. The Morgan fingerprint density at radius 3 is 2.54 bits per heavy atom. The smallest absolute Gasteiger partial charge is 0.348 e. The van der Waals surface area contributed by atoms with E-state index in [1.165, 1.54) is 0 Å². The Morgan fingerprint density at radius 2 is 1.82 bits per heavy atom. The summed E-state index contributed by atoms with van der Waals surface area (Å²) >= 11 is 0. The van der Waals surface area contributed by atoms with E-state index in [0.29, 0.717) is 37.4 Å². The number of benzene rings is 2. The number of hydrogen-bond donors (Lipinski definition) is 1. The lowest BCUT2D eigenvalue weighted by molar-refractivity contribution is -0.160. The van der Waals surface area contributed by atoms with E-state index in [2.05, 4.69) is 4.90 Å². The minimum absolute atomic E-state index is 0.254. The minimum atomic E-state index is -1.25. The number of hydrogen-bond acceptors (Lipinski definition) is 6. The predicted molar refractivity (Wildman–Crippen MR) is 101 cm³/mol. The van der Waals surface area contributed by atoms with E-state index in [1.54, 1.807) is 19.2 Å². The van der Waals surface area contributed by atoms with Gasteiger partial charge in [0.15, 0.2) is 23.0 Å². The molecule has 0 amide bonds. The maximum absolute atomic E-state index is 12.1. The van der Waals surface area contributed by atoms with Gasteiger partial charge in [0.2, 0.25) is 12.4 Å². The number of carboxylic acid groups (broad SMARTS) is 1. The van der Waals surface area contributed by atoms with Gasteiger partial charge in [0.25, 0.3) is 0 Å². The summed E-state index contributed by atoms with van der Waals surface area (Å²) < 4.78 is 22.1. The van der Waals surface area contributed by atoms with Crippen LogP contribution in [-0.4, -0.2) is 48.6 Å². The SMILES string of the molecule is COc1ccccc1OC1(C(=O)O)CCN(Cc2ccc3c(c2)OCO3)CC1. The molecule has 0 aliphatic carbocycles. The fourth-order valence-corrected chi connectivity index (χ4v) is 3.64. The average Bonchev–Trinajstić information content (AvgIpc) is 3.18. The van der Waals surface area contributed by atoms with Crippen molar-refractivity contribution in [2.75, 3.05) is 27.0 Å². The fraction of sp³-hybridized carbons (Fsp3) is 0.381. The topological polar surface area (TPSA) is 77.5 Å². The highest BCUT2D eigenvalue weighted by Gasteiger charge is 2.44. The van der Waals surface area contributed by atoms with Crippen LogP contribution in [0.2, 0.25) is 0 Å². The largest absolute Gasteiger partial charge is 0.493 e. The number of piperidine rings is 1. The summed E-state index contributed by atoms with van der Waals surface area (Å²) in [7, 11) is 1.55. The predicted octanol–water partition coefficient (Wildman–Crippen LogP) is 2.92. The van der Waals surface area contributed by atoms with Crippen LogP contribution in [0, 0.1) is 0 Å². The van der Waals surface area contributed by atoms with Crippen LogP contribution >= 0.6 is 0 Å². The first-order valence-corrected chi connectivity index (χ1v) is 9.26. The second kappa shape index (κ2) is 7.59. The van der Waals surface area contributed by atoms with Gasteiger partial charge >= 0.3 is 5.97 Å². The standard InChI is InChI=1S/C21H23NO6/c1-25-16-4-2-3-5-18(16)28-21(20(23)24)8-10-22(11-9-21)13-15-6-7-17-19(12-15)27-14-26-17/h2-7,12H,8-11,13-14H2,1H3,(H,23,24). The molecule has 2 aromatic rings. The Bertz CT molecular complexity index is 860. The van der Waals surface area contributed by atoms with Gasteiger partial charge in [-0.05, 0) is 29.8 Å². The van der Waals surface area contributed by atoms with Crippen LogP contribution in [0.1, 0.15) is 18.4 Å². The van der Waals surface area contributed by atoms with Crippen LogP contribution in [0.4, 0.5) is 0 Å². The summed E-state index contributed by atoms with van der Waals surface area (Å²) in [6.07, 6.45) is 0.788. The number of fused-ring (bicyclic) bond motifs is 1. The molecule has 0 atom stereocenters. The second-order valence-electron chi connectivity index (χ2n) is 7.02. The number of aliphatic carboxylic acids is 1. The molecule has 0 saturated carbocycles. The molecule has 1 N–H and O–H groups in total. The van der Waals surface area contributed by atoms with E-state index in [4.69, 9.17) is 18.9 Å². The van der Waals surface area contributed by atoms with Crippen LogP contribution in [0.25, 0.3) is 0 Å². The lowest BCUT2D eigenvalue weighted by Crippen LogP contribution is -2.53. The monoisotopic (exact) mass is 385 g/mol. The van der Waals surface area contributed by atoms with E-state index in [-0.39, 0.29) is 6.79 Å². The molecule has 1 saturated heterocycles. The Hall–Kier alpha value is -2.93. The number of nitrogens with zero attached hydrogens (tertiary/aromatic N) is 1. The van der Waals surface area contributed by atoms with Gasteiger partial charge in [0.05, 0.1) is 7.11 Å². The van der Waals surface area contributed by atoms with Gasteiger partial charge in [-0.2, -0.15) is 0 Å². The fourth-order valence-electron chi connectivity index (χ4n) is 3.64. The van der Waals surface area contributed by atoms with Gasteiger partial charge in [-0.1, -0.05) is 18.2 Å². The van der Waals surface area contributed by atoms with Gasteiger partial charge in [0.1, 0.15) is 0 Å². The highest BCUT2D eigenvalue weighted by atomic mass is 16.7. The molecule has 28 heavy (non-hydrogen) atoms. The van der Waals surface area contributed by atoms with Gasteiger partial charge < -0.3 is 24.1 Å². The Morgan fingerprint density at radius 1 is 1.11 bits per heavy atom. The van der Waals surface area contributed by atoms with Crippen molar-refractivity contribution in [2.45, 2.75) is 25.0 Å². The normalized spacial score (nSPS) is 17.9. The minimum Gasteiger partial charge on any atom is -0.493 e. The molecule has 0 aromatic heterocycles. The van der Waals surface area contributed by atoms with Crippen molar-refractivity contribution < 1.29 is 28.8 Å². The van der Waals surface area contributed by atoms with E-state index in [9.17, 15) is 9.90 Å². The van der Waals surface area contributed by atoms with Gasteiger partial charge in [-0.3, -0.25) is 4.90 Å². The molecule has 7 heteroatoms. The summed E-state index contributed by atoms with van der Waals surface area (Å²) in [6, 6.07) is 13.0. The first-order valence-electron chi connectivity index (χ1n) is 9.26. The number of methoxy groups -OCH3 is 1. The van der Waals surface area contributed by atoms with Crippen LogP contribution in [0.3, 0.4) is 0 Å². The highest BCUT2D eigenvalue weighted by Crippen LogP contribution is 2.36. The first kappa shape index (κ1) is 18.4. The van der Waals surface area contributed by atoms with Crippen molar-refractivity contribution in [3.8, 4) is 23.0 Å². The molecular weight excluding hydrogens is 362 g/mol. The summed E-state index contributed by atoms with van der Waals surface area (Å²) in [4.78, 5) is 14.3. The molecule has 0 radical (unpaired) electrons. The van der Waals surface area contributed by atoms with E-state index in [1.807, 2.05) is 30.3 Å². The molecule has 2 aromatic carbocycles. The molecule has 1 fully saturated rings. The van der Waals surface area contributed by atoms with Crippen molar-refractivity contribution in [3.05, 3.63) is 48.0 Å². The number of carboxylic acids is 1. The van der Waals surface area contributed by atoms with Crippen LogP contribution < -0.4 is 18.9 Å². The van der Waals surface area contributed by atoms with Gasteiger partial charge in [-0.15, -0.1) is 0 Å². The maximum atomic E-state index is 12.1. The Labute approximate surface area is 163 Å². The zero-order valence-corrected chi connectivity index (χ0v) is 15.7. The molecule has 4 rings (SSSR count). The number of rotatable bonds is 6. The quantitative estimate of drug-likeness (QED) is 0.819. The zero-order valence-electron chi connectivity index (χ0n) is 15.7. The van der Waals surface area contributed by atoms with Crippen LogP contribution in [-0.2, 0) is 11.3 Å². The third-order valence-corrected chi connectivity index (χ3v) is 5.27. The van der Waals surface area contributed by atoms with Gasteiger partial charge in [0, 0.05) is 32.5 Å². The van der Waals surface area contributed by atoms with E-state index >= 15 is 0 Å². The second-order valence-corrected chi connectivity index (χ2v) is 7.02. The Balaban J connectivity index is 1.43. The third kappa shape index (κ3) is 3.57. The molecule has 0 spiro atoms. The molecule has 7 nitrogen and oxygen atoms in total. The summed E-state index contributed by atoms with van der Waals surface area (Å²) in [5.74, 6) is 1.56. The molecule has 0 bridgehead atoms. The number of carbonyl (C=O) groups is 1. The highest BCUT2D eigenvalue weighted by molar-refractivity contribution is 5.78. The van der Waals surface area contributed by atoms with E-state index in [0.717, 1.165) is 23.6 Å². The number of ether oxygens (including phenoxy) is 4. The molecule has 148 valence electrons. The molecule has 0 unspecified atom stereocenters. The first-order chi connectivity index (χ1) is 13.6. The third-order valence-electron chi connectivity index (χ3n) is 5.27. The lowest BCUT2D eigenvalue weighted by Gasteiger charge is -2.39. The van der Waals surface area contributed by atoms with E-state index < -0.39 is 11.6 Å². The van der Waals surface area contributed by atoms with Crippen molar-refractivity contribution in [2.24, 2.45) is 0 Å². The van der Waals surface area contributed by atoms with Crippen molar-refractivity contribution in [3.63, 3.8) is 0 Å². The van der Waals surface area contributed by atoms with Crippen molar-refractivity contribution >= 4 is 5.97 Å². The number of likely N-dealkylation sites (tertiary alicyclic amines) is 1. The maximum Gasteiger partial charge on any atom is 0.348 e. The summed E-state index contributed by atoms with van der Waals surface area (Å²) in [6.45, 7) is 2.22. The van der Waals surface area contributed by atoms with Crippen LogP contribution in [0.5, 0.6) is 23.0 Å². The molecular formula is C21H23NO6. The van der Waals surface area contributed by atoms with Crippen molar-refractivity contribution in [1.29, 1.82) is 0 Å². The molecule has 2 aliphatic rings. The average molecular weight is 385 g/mol. The summed E-state index contributed by atoms with van der Waals surface area (Å²) in [5.41, 5.74) is -0.141. The van der Waals surface area contributed by atoms with Crippen LogP contribution in [0.15, 0.2) is 42.5 Å². The summed E-state index contributed by atoms with van der Waals surface area (Å²) in [5, 5.41) is 9.88. The molecule has 2 aliphatic heterocycles. The Kier molecular flexibility index (Phi) is 5.00. The number of para-hydroxylation sites is 2. The zero-order chi connectivity index (χ0) is 19.6. The lowest BCUT2D eigenvalue weighted by atomic mass is 9.90. The van der Waals surface area contributed by atoms with Crippen molar-refractivity contribution in [1.82, 2.24) is 4.90 Å².